The second-order valence-corrected chi connectivity index (χ2v) is 5.26. The van der Waals surface area contributed by atoms with Gasteiger partial charge in [0.2, 0.25) is 0 Å². The van der Waals surface area contributed by atoms with Gasteiger partial charge in [-0.05, 0) is 19.1 Å². The van der Waals surface area contributed by atoms with Crippen LogP contribution in [0.25, 0.3) is 0 Å². The quantitative estimate of drug-likeness (QED) is 0.815. The van der Waals surface area contributed by atoms with Crippen LogP contribution in [0.5, 0.6) is 5.75 Å². The Morgan fingerprint density at radius 1 is 1.33 bits per heavy atom. The molecule has 0 aliphatic carbocycles. The molecule has 2 aliphatic heterocycles. The van der Waals surface area contributed by atoms with Gasteiger partial charge in [0.05, 0.1) is 17.3 Å². The second-order valence-electron chi connectivity index (χ2n) is 4.85. The smallest absolute Gasteiger partial charge is 0.161 e. The average Bonchev–Trinajstić information content (AvgIpc) is 2.40. The van der Waals surface area contributed by atoms with Gasteiger partial charge in [0.1, 0.15) is 6.10 Å². The molecule has 98 valence electrons. The molecule has 0 bridgehead atoms. The molecular weight excluding hydrogens is 250 g/mol. The highest BCUT2D eigenvalue weighted by atomic mass is 35.5. The molecule has 4 nitrogen and oxygen atoms in total. The summed E-state index contributed by atoms with van der Waals surface area (Å²) < 4.78 is 5.78. The fourth-order valence-corrected chi connectivity index (χ4v) is 2.69. The van der Waals surface area contributed by atoms with Crippen LogP contribution in [0.1, 0.15) is 6.92 Å². The number of fused-ring (bicyclic) bond motifs is 1. The highest BCUT2D eigenvalue weighted by Crippen LogP contribution is 2.40. The molecule has 1 aromatic carbocycles. The van der Waals surface area contributed by atoms with E-state index in [9.17, 15) is 0 Å². The van der Waals surface area contributed by atoms with Gasteiger partial charge in [0.25, 0.3) is 0 Å². The highest BCUT2D eigenvalue weighted by molar-refractivity contribution is 6.33. The zero-order valence-corrected chi connectivity index (χ0v) is 11.3. The van der Waals surface area contributed by atoms with Crippen LogP contribution >= 0.6 is 11.6 Å². The summed E-state index contributed by atoms with van der Waals surface area (Å²) in [4.78, 5) is 2.35. The molecule has 0 amide bonds. The summed E-state index contributed by atoms with van der Waals surface area (Å²) in [5.41, 5.74) is 2.18. The van der Waals surface area contributed by atoms with Crippen LogP contribution in [0.3, 0.4) is 0 Å². The van der Waals surface area contributed by atoms with E-state index in [4.69, 9.17) is 16.3 Å². The number of halogens is 1. The van der Waals surface area contributed by atoms with Gasteiger partial charge in [0, 0.05) is 31.9 Å². The van der Waals surface area contributed by atoms with Crippen LogP contribution in [0, 0.1) is 0 Å². The third-order valence-corrected chi connectivity index (χ3v) is 3.69. The van der Waals surface area contributed by atoms with E-state index in [1.54, 1.807) is 0 Å². The van der Waals surface area contributed by atoms with Gasteiger partial charge in [-0.25, -0.2) is 0 Å². The van der Waals surface area contributed by atoms with Crippen molar-refractivity contribution in [1.82, 2.24) is 5.32 Å². The van der Waals surface area contributed by atoms with E-state index in [2.05, 4.69) is 21.6 Å². The Hall–Kier alpha value is -1.13. The summed E-state index contributed by atoms with van der Waals surface area (Å²) in [6.45, 7) is 6.95. The predicted molar refractivity (Wildman–Crippen MR) is 75.1 cm³/mol. The van der Waals surface area contributed by atoms with Crippen LogP contribution in [0.4, 0.5) is 11.4 Å². The Morgan fingerprint density at radius 3 is 2.89 bits per heavy atom. The molecule has 2 aliphatic rings. The van der Waals surface area contributed by atoms with Gasteiger partial charge >= 0.3 is 0 Å². The molecular formula is C13H18ClN3O. The number of piperazine rings is 1. The van der Waals surface area contributed by atoms with Crippen LogP contribution in [0.2, 0.25) is 5.02 Å². The molecule has 3 rings (SSSR count). The molecule has 2 heterocycles. The third kappa shape index (κ3) is 2.22. The molecule has 5 heteroatoms. The normalized spacial score (nSPS) is 23.0. The molecule has 2 N–H and O–H groups in total. The SMILES string of the molecule is CC1CNc2cc(N3CCNCC3)cc(Cl)c2O1. The van der Waals surface area contributed by atoms with Gasteiger partial charge in [-0.1, -0.05) is 11.6 Å². The van der Waals surface area contributed by atoms with Crippen LogP contribution < -0.4 is 20.3 Å². The number of hydrogen-bond acceptors (Lipinski definition) is 4. The molecule has 1 atom stereocenters. The number of nitrogens with one attached hydrogen (secondary N) is 2. The van der Waals surface area contributed by atoms with Crippen molar-refractivity contribution >= 4 is 23.0 Å². The number of ether oxygens (including phenoxy) is 1. The Labute approximate surface area is 112 Å². The molecule has 1 aromatic rings. The number of benzene rings is 1. The maximum absolute atomic E-state index is 6.32. The Balaban J connectivity index is 1.91. The van der Waals surface area contributed by atoms with Gasteiger partial charge in [-0.15, -0.1) is 0 Å². The lowest BCUT2D eigenvalue weighted by Crippen LogP contribution is -2.43. The summed E-state index contributed by atoms with van der Waals surface area (Å²) in [6.07, 6.45) is 0.167. The van der Waals surface area contributed by atoms with Crippen molar-refractivity contribution in [3.8, 4) is 5.75 Å². The first-order valence-electron chi connectivity index (χ1n) is 6.44. The number of hydrogen-bond donors (Lipinski definition) is 2. The van der Waals surface area contributed by atoms with Crippen molar-refractivity contribution in [1.29, 1.82) is 0 Å². The topological polar surface area (TPSA) is 36.5 Å². The Kier molecular flexibility index (Phi) is 3.22. The Bertz CT molecular complexity index is 446. The lowest BCUT2D eigenvalue weighted by Gasteiger charge is -2.32. The van der Waals surface area contributed by atoms with Gasteiger partial charge in [0.15, 0.2) is 5.75 Å². The second kappa shape index (κ2) is 4.86. The van der Waals surface area contributed by atoms with Crippen LogP contribution in [0.15, 0.2) is 12.1 Å². The fourth-order valence-electron chi connectivity index (χ4n) is 2.43. The summed E-state index contributed by atoms with van der Waals surface area (Å²) in [6, 6.07) is 4.14. The minimum atomic E-state index is 0.167. The minimum Gasteiger partial charge on any atom is -0.485 e. The molecule has 1 saturated heterocycles. The number of rotatable bonds is 1. The van der Waals surface area contributed by atoms with Crippen molar-refractivity contribution < 1.29 is 4.74 Å². The van der Waals surface area contributed by atoms with Gasteiger partial charge in [-0.3, -0.25) is 0 Å². The number of nitrogens with zero attached hydrogens (tertiary/aromatic N) is 1. The van der Waals surface area contributed by atoms with E-state index in [1.807, 2.05) is 13.0 Å². The number of anilines is 2. The lowest BCUT2D eigenvalue weighted by atomic mass is 10.2. The van der Waals surface area contributed by atoms with Gasteiger partial charge < -0.3 is 20.3 Å². The highest BCUT2D eigenvalue weighted by Gasteiger charge is 2.21. The first-order chi connectivity index (χ1) is 8.74. The molecule has 0 spiro atoms. The summed E-state index contributed by atoms with van der Waals surface area (Å²) >= 11 is 6.32. The summed E-state index contributed by atoms with van der Waals surface area (Å²) in [5.74, 6) is 0.786. The largest absolute Gasteiger partial charge is 0.485 e. The van der Waals surface area contributed by atoms with Gasteiger partial charge in [-0.2, -0.15) is 0 Å². The van der Waals surface area contributed by atoms with E-state index < -0.39 is 0 Å². The van der Waals surface area contributed by atoms with E-state index in [0.717, 1.165) is 44.2 Å². The van der Waals surface area contributed by atoms with E-state index >= 15 is 0 Å². The molecule has 0 aromatic heterocycles. The molecule has 0 saturated carbocycles. The Morgan fingerprint density at radius 2 is 2.11 bits per heavy atom. The summed E-state index contributed by atoms with van der Waals surface area (Å²) in [5, 5.41) is 7.43. The van der Waals surface area contributed by atoms with E-state index in [1.165, 1.54) is 5.69 Å². The summed E-state index contributed by atoms with van der Waals surface area (Å²) in [7, 11) is 0. The van der Waals surface area contributed by atoms with Crippen LogP contribution in [-0.4, -0.2) is 38.8 Å². The standard InChI is InChI=1S/C13H18ClN3O/c1-9-8-16-12-7-10(6-11(14)13(12)18-9)17-4-2-15-3-5-17/h6-7,9,15-16H,2-5,8H2,1H3. The van der Waals surface area contributed by atoms with Crippen LogP contribution in [-0.2, 0) is 0 Å². The monoisotopic (exact) mass is 267 g/mol. The zero-order chi connectivity index (χ0) is 12.5. The predicted octanol–water partition coefficient (Wildman–Crippen LogP) is 1.94. The maximum Gasteiger partial charge on any atom is 0.161 e. The minimum absolute atomic E-state index is 0.167. The van der Waals surface area contributed by atoms with Crippen molar-refractivity contribution in [2.75, 3.05) is 42.9 Å². The molecule has 1 fully saturated rings. The molecule has 18 heavy (non-hydrogen) atoms. The van der Waals surface area contributed by atoms with Crippen molar-refractivity contribution in [3.63, 3.8) is 0 Å². The molecule has 1 unspecified atom stereocenters. The maximum atomic E-state index is 6.32. The van der Waals surface area contributed by atoms with E-state index in [-0.39, 0.29) is 6.10 Å². The van der Waals surface area contributed by atoms with Crippen molar-refractivity contribution in [2.45, 2.75) is 13.0 Å². The van der Waals surface area contributed by atoms with Crippen molar-refractivity contribution in [3.05, 3.63) is 17.2 Å². The third-order valence-electron chi connectivity index (χ3n) is 3.41. The molecule has 0 radical (unpaired) electrons. The van der Waals surface area contributed by atoms with Crippen molar-refractivity contribution in [2.24, 2.45) is 0 Å². The zero-order valence-electron chi connectivity index (χ0n) is 10.5. The lowest BCUT2D eigenvalue weighted by molar-refractivity contribution is 0.226. The van der Waals surface area contributed by atoms with E-state index in [0.29, 0.717) is 5.02 Å². The first-order valence-corrected chi connectivity index (χ1v) is 6.81. The average molecular weight is 268 g/mol. The first kappa shape index (κ1) is 11.9. The fraction of sp³-hybridized carbons (Fsp3) is 0.538.